The van der Waals surface area contributed by atoms with Crippen LogP contribution < -0.4 is 0 Å². The van der Waals surface area contributed by atoms with Crippen LogP contribution >= 0.6 is 15.9 Å². The van der Waals surface area contributed by atoms with Crippen LogP contribution in [0.2, 0.25) is 0 Å². The van der Waals surface area contributed by atoms with Crippen LogP contribution in [0.5, 0.6) is 0 Å². The minimum absolute atomic E-state index is 0.0599. The van der Waals surface area contributed by atoms with E-state index in [1.54, 1.807) is 0 Å². The molecule has 142 valence electrons. The summed E-state index contributed by atoms with van der Waals surface area (Å²) in [7, 11) is 0. The van der Waals surface area contributed by atoms with Gasteiger partial charge in [0.25, 0.3) is 0 Å². The third kappa shape index (κ3) is 8.31. The minimum Gasteiger partial charge on any atom is -0.376 e. The molecule has 0 saturated carbocycles. The first-order valence-corrected chi connectivity index (χ1v) is 8.97. The van der Waals surface area contributed by atoms with Gasteiger partial charge in [-0.15, -0.1) is 13.2 Å². The van der Waals surface area contributed by atoms with E-state index in [4.69, 9.17) is 9.47 Å². The van der Waals surface area contributed by atoms with Crippen LogP contribution in [-0.2, 0) is 27.4 Å². The molecule has 0 aliphatic rings. The Morgan fingerprint density at radius 2 is 1.23 bits per heavy atom. The first-order chi connectivity index (χ1) is 12.4. The summed E-state index contributed by atoms with van der Waals surface area (Å²) in [6.07, 6.45) is -5.96. The predicted molar refractivity (Wildman–Crippen MR) is 95.8 cm³/mol. The van der Waals surface area contributed by atoms with Gasteiger partial charge in [-0.2, -0.15) is 0 Å². The topological polar surface area (TPSA) is 27.7 Å². The number of benzene rings is 2. The fourth-order valence-electron chi connectivity index (χ4n) is 2.22. The molecule has 0 unspecified atom stereocenters. The van der Waals surface area contributed by atoms with E-state index in [-0.39, 0.29) is 19.8 Å². The maximum absolute atomic E-state index is 12.7. The second-order valence-electron chi connectivity index (χ2n) is 5.62. The minimum atomic E-state index is -4.74. The van der Waals surface area contributed by atoms with E-state index in [9.17, 15) is 13.2 Å². The Morgan fingerprint density at radius 3 is 1.69 bits per heavy atom. The molecule has 0 heterocycles. The Kier molecular flexibility index (Phi) is 8.58. The number of halogens is 4. The summed E-state index contributed by atoms with van der Waals surface area (Å²) in [5, 5.41) is 0. The molecule has 2 aromatic rings. The summed E-state index contributed by atoms with van der Waals surface area (Å²) in [6, 6.07) is 18.6. The summed E-state index contributed by atoms with van der Waals surface area (Å²) >= 11 is 3.23. The molecule has 0 amide bonds. The SMILES string of the molecule is FC(F)(F)O[C@H](COCc1ccccc1)[C@H](Br)COCc1ccccc1. The summed E-state index contributed by atoms with van der Waals surface area (Å²) in [4.78, 5) is -0.663. The number of hydrogen-bond acceptors (Lipinski definition) is 3. The van der Waals surface area contributed by atoms with Crippen molar-refractivity contribution in [3.8, 4) is 0 Å². The zero-order chi connectivity index (χ0) is 18.8. The van der Waals surface area contributed by atoms with E-state index in [1.807, 2.05) is 60.7 Å². The number of ether oxygens (including phenoxy) is 3. The lowest BCUT2D eigenvalue weighted by molar-refractivity contribution is -0.346. The van der Waals surface area contributed by atoms with Crippen LogP contribution in [0, 0.1) is 0 Å². The fourth-order valence-corrected chi connectivity index (χ4v) is 2.67. The van der Waals surface area contributed by atoms with Gasteiger partial charge < -0.3 is 9.47 Å². The van der Waals surface area contributed by atoms with Crippen LogP contribution in [0.15, 0.2) is 60.7 Å². The van der Waals surface area contributed by atoms with Gasteiger partial charge in [-0.05, 0) is 11.1 Å². The Balaban J connectivity index is 1.82. The maximum Gasteiger partial charge on any atom is 0.522 e. The molecular formula is C19H20BrF3O3. The van der Waals surface area contributed by atoms with Gasteiger partial charge in [0.05, 0.1) is 31.3 Å². The van der Waals surface area contributed by atoms with E-state index < -0.39 is 17.3 Å². The molecule has 26 heavy (non-hydrogen) atoms. The van der Waals surface area contributed by atoms with Crippen molar-refractivity contribution in [2.75, 3.05) is 13.2 Å². The molecular weight excluding hydrogens is 413 g/mol. The molecule has 2 atom stereocenters. The first-order valence-electron chi connectivity index (χ1n) is 8.06. The summed E-state index contributed by atoms with van der Waals surface area (Å²) in [6.45, 7) is 0.374. The fraction of sp³-hybridized carbons (Fsp3) is 0.368. The number of alkyl halides is 4. The van der Waals surface area contributed by atoms with E-state index in [0.717, 1.165) is 11.1 Å². The molecule has 0 N–H and O–H groups in total. The zero-order valence-electron chi connectivity index (χ0n) is 14.0. The second-order valence-corrected chi connectivity index (χ2v) is 6.80. The standard InChI is InChI=1S/C19H20BrF3O3/c20-17(13-24-11-15-7-3-1-4-8-15)18(26-19(21,22)23)14-25-12-16-9-5-2-6-10-16/h1-10,17-18H,11-14H2/t17-,18-/m1/s1. The molecule has 0 aliphatic heterocycles. The number of hydrogen-bond donors (Lipinski definition) is 0. The highest BCUT2D eigenvalue weighted by molar-refractivity contribution is 9.09. The summed E-state index contributed by atoms with van der Waals surface area (Å²) < 4.78 is 53.1. The predicted octanol–water partition coefficient (Wildman–Crippen LogP) is 5.09. The largest absolute Gasteiger partial charge is 0.522 e. The van der Waals surface area contributed by atoms with Gasteiger partial charge in [-0.1, -0.05) is 76.6 Å². The van der Waals surface area contributed by atoms with Crippen molar-refractivity contribution in [2.24, 2.45) is 0 Å². The third-order valence-corrected chi connectivity index (χ3v) is 4.32. The molecule has 0 bridgehead atoms. The second kappa shape index (κ2) is 10.7. The lowest BCUT2D eigenvalue weighted by Crippen LogP contribution is -2.37. The van der Waals surface area contributed by atoms with Gasteiger partial charge in [0.1, 0.15) is 6.10 Å². The highest BCUT2D eigenvalue weighted by Crippen LogP contribution is 2.24. The molecule has 0 fully saturated rings. The van der Waals surface area contributed by atoms with E-state index >= 15 is 0 Å². The van der Waals surface area contributed by atoms with Crippen molar-refractivity contribution in [2.45, 2.75) is 30.5 Å². The van der Waals surface area contributed by atoms with Gasteiger partial charge in [-0.25, -0.2) is 0 Å². The van der Waals surface area contributed by atoms with E-state index in [2.05, 4.69) is 20.7 Å². The summed E-state index contributed by atoms with van der Waals surface area (Å²) in [5.74, 6) is 0. The van der Waals surface area contributed by atoms with Crippen molar-refractivity contribution >= 4 is 15.9 Å². The van der Waals surface area contributed by atoms with Crippen LogP contribution in [0.25, 0.3) is 0 Å². The van der Waals surface area contributed by atoms with Gasteiger partial charge in [0.2, 0.25) is 0 Å². The lowest BCUT2D eigenvalue weighted by Gasteiger charge is -2.24. The molecule has 0 spiro atoms. The van der Waals surface area contributed by atoms with Crippen molar-refractivity contribution in [1.29, 1.82) is 0 Å². The molecule has 3 nitrogen and oxygen atoms in total. The first kappa shape index (κ1) is 20.9. The monoisotopic (exact) mass is 432 g/mol. The molecule has 0 radical (unpaired) electrons. The normalized spacial score (nSPS) is 14.2. The van der Waals surface area contributed by atoms with Crippen molar-refractivity contribution in [3.63, 3.8) is 0 Å². The summed E-state index contributed by atoms with van der Waals surface area (Å²) in [5.41, 5.74) is 1.82. The average molecular weight is 433 g/mol. The Bertz CT molecular complexity index is 623. The van der Waals surface area contributed by atoms with Gasteiger partial charge in [0.15, 0.2) is 0 Å². The lowest BCUT2D eigenvalue weighted by atomic mass is 10.2. The third-order valence-electron chi connectivity index (χ3n) is 3.47. The molecule has 2 rings (SSSR count). The molecule has 0 aliphatic carbocycles. The quantitative estimate of drug-likeness (QED) is 0.489. The van der Waals surface area contributed by atoms with Crippen molar-refractivity contribution in [3.05, 3.63) is 71.8 Å². The maximum atomic E-state index is 12.7. The van der Waals surface area contributed by atoms with Gasteiger partial charge >= 0.3 is 6.36 Å². The average Bonchev–Trinajstić information content (AvgIpc) is 2.61. The molecule has 0 aromatic heterocycles. The van der Waals surface area contributed by atoms with Crippen LogP contribution in [0.3, 0.4) is 0 Å². The van der Waals surface area contributed by atoms with Crippen molar-refractivity contribution < 1.29 is 27.4 Å². The Labute approximate surface area is 159 Å². The van der Waals surface area contributed by atoms with Gasteiger partial charge in [0, 0.05) is 0 Å². The zero-order valence-corrected chi connectivity index (χ0v) is 15.6. The highest BCUT2D eigenvalue weighted by atomic mass is 79.9. The Hall–Kier alpha value is -1.41. The van der Waals surface area contributed by atoms with Crippen LogP contribution in [0.4, 0.5) is 13.2 Å². The molecule has 7 heteroatoms. The van der Waals surface area contributed by atoms with E-state index in [0.29, 0.717) is 6.61 Å². The molecule has 2 aromatic carbocycles. The smallest absolute Gasteiger partial charge is 0.376 e. The van der Waals surface area contributed by atoms with Gasteiger partial charge in [-0.3, -0.25) is 4.74 Å². The van der Waals surface area contributed by atoms with E-state index in [1.165, 1.54) is 0 Å². The van der Waals surface area contributed by atoms with Crippen molar-refractivity contribution in [1.82, 2.24) is 0 Å². The highest BCUT2D eigenvalue weighted by Gasteiger charge is 2.36. The van der Waals surface area contributed by atoms with Crippen LogP contribution in [0.1, 0.15) is 11.1 Å². The van der Waals surface area contributed by atoms with Crippen LogP contribution in [-0.4, -0.2) is 30.5 Å². The molecule has 0 saturated heterocycles. The Morgan fingerprint density at radius 1 is 0.769 bits per heavy atom. The number of rotatable bonds is 10.